The maximum absolute atomic E-state index is 15.2. The van der Waals surface area contributed by atoms with E-state index in [0.29, 0.717) is 116 Å². The van der Waals surface area contributed by atoms with Crippen molar-refractivity contribution >= 4 is 103 Å². The van der Waals surface area contributed by atoms with E-state index in [2.05, 4.69) is 31.9 Å². The highest BCUT2D eigenvalue weighted by atomic mass is 16.7. The molecule has 0 spiro atoms. The number of methoxy groups -OCH3 is 1. The number of nitrogens with two attached hydrogens (primary N) is 1. The van der Waals surface area contributed by atoms with E-state index in [1.54, 1.807) is 44.2 Å². The van der Waals surface area contributed by atoms with Crippen LogP contribution >= 0.6 is 0 Å². The lowest BCUT2D eigenvalue weighted by molar-refractivity contribution is -0.903. The molecule has 0 aliphatic carbocycles. The summed E-state index contributed by atoms with van der Waals surface area (Å²) >= 11 is 0. The molecule has 4 heterocycles. The fourth-order valence-electron chi connectivity index (χ4n) is 15.9. The van der Waals surface area contributed by atoms with E-state index in [-0.39, 0.29) is 180 Å². The molecule has 3 aliphatic heterocycles. The van der Waals surface area contributed by atoms with Gasteiger partial charge in [0.2, 0.25) is 46.3 Å². The fraction of sp³-hybridized carbons (Fsp3) is 0.604. The second-order valence-corrected chi connectivity index (χ2v) is 36.3. The maximum atomic E-state index is 15.2. The predicted molar refractivity (Wildman–Crippen MR) is 506 cm³/mol. The van der Waals surface area contributed by atoms with Gasteiger partial charge in [-0.1, -0.05) is 99.6 Å². The molecule has 38 heteroatoms. The number of carbonyl (C=O) groups is 9. The number of aromatic nitrogens is 1. The number of primary amides is 1. The number of carbonyl (C=O) groups excluding carboxylic acids is 9. The summed E-state index contributed by atoms with van der Waals surface area (Å²) in [4.78, 5) is 153. The summed E-state index contributed by atoms with van der Waals surface area (Å²) in [6.45, 7) is 31.0. The van der Waals surface area contributed by atoms with Crippen LogP contribution in [0.4, 0.5) is 16.2 Å². The van der Waals surface area contributed by atoms with Crippen LogP contribution in [0.3, 0.4) is 0 Å². The Morgan fingerprint density at radius 2 is 1.32 bits per heavy atom. The third-order valence-electron chi connectivity index (χ3n) is 24.2. The number of aliphatic hydroxyl groups excluding tert-OH is 2. The number of quaternary nitrogens is 1. The molecule has 12 atom stereocenters. The fourth-order valence-corrected chi connectivity index (χ4v) is 15.9. The van der Waals surface area contributed by atoms with Crippen LogP contribution in [0.5, 0.6) is 17.2 Å². The lowest BCUT2D eigenvalue weighted by Gasteiger charge is -2.39. The molecule has 1 unspecified atom stereocenters. The number of aliphatic hydroxyl groups is 2. The molecule has 3 aliphatic rings. The highest BCUT2D eigenvalue weighted by molar-refractivity contribution is 6.17. The summed E-state index contributed by atoms with van der Waals surface area (Å²) in [5.74, 6) is -9.39. The minimum atomic E-state index is -2.04. The standard InChI is InChI=1S/C96H138N10O28.4H2/c1-56(2)79(102-74(110)29-34-122-38-40-124-42-44-126-46-48-128-50-51-129-49-47-127-45-43-125-41-39-123-36-31-98-73(109)27-32-105-75(111)54-68(93(105)119)95(11,12)13)92(118)101-69(22-19-30-99-94(97)120)91(117)100-66-25-23-65(24-26-66)55-106(15,16)33-37-130-67-52-70(108)80-72(53-67)133-88-81(103-80)76-77-84(113)63(9)87-78(76)89(115)96(14,134-87)131-35-28-71(121-17)62(8)86(132-64(10)107)61(7)59(5)60(6)83(112)57(3)20-18-21-58(4)90(116)104-82(88)85(77)114;;;;/h18,20-21,23-26,28,35,52-53,56-57,59-62,68-69,71,79,83,86,112H,19,22,27,29-34,36-51,54-55H2,1-17H3,(H9-,97,98,99,100,101,102,103,104,108,109,110,113,114,115,116,117,118,120);4*1H/p+1/b20-18+,35-28+,58-21-;;;;/t57-,59+,60-,61+,62+,68?,69-,71-,79-,83-,86-,96-;;;;/m0..../s1. The van der Waals surface area contributed by atoms with Gasteiger partial charge in [0.25, 0.3) is 5.91 Å². The normalized spacial score (nSPS) is 21.6. The first-order valence-corrected chi connectivity index (χ1v) is 45.7. The lowest BCUT2D eigenvalue weighted by atomic mass is 9.73. The molecule has 0 radical (unpaired) electrons. The van der Waals surface area contributed by atoms with Crippen LogP contribution in [0.25, 0.3) is 38.7 Å². The summed E-state index contributed by atoms with van der Waals surface area (Å²) in [6.07, 6.45) is 5.82. The minimum Gasteiger partial charge on any atom is -0.507 e. The van der Waals surface area contributed by atoms with Gasteiger partial charge in [0.15, 0.2) is 22.4 Å². The summed E-state index contributed by atoms with van der Waals surface area (Å²) in [6, 6.07) is 6.83. The Morgan fingerprint density at radius 1 is 0.724 bits per heavy atom. The van der Waals surface area contributed by atoms with E-state index in [0.717, 1.165) is 5.56 Å². The molecule has 9 amide bonds. The van der Waals surface area contributed by atoms with Crippen molar-refractivity contribution in [3.05, 3.63) is 109 Å². The number of anilines is 2. The first kappa shape index (κ1) is 109. The first-order valence-electron chi connectivity index (χ1n) is 45.7. The Hall–Kier alpha value is -10.8. The first-order chi connectivity index (χ1) is 63.6. The third-order valence-corrected chi connectivity index (χ3v) is 24.2. The number of rotatable bonds is 48. The van der Waals surface area contributed by atoms with E-state index in [1.165, 1.54) is 64.2 Å². The zero-order valence-electron chi connectivity index (χ0n) is 80.3. The Bertz CT molecular complexity index is 5160. The molecule has 748 valence electrons. The van der Waals surface area contributed by atoms with Gasteiger partial charge in [-0.05, 0) is 74.0 Å². The number of fused-ring (bicyclic) bond motifs is 2. The van der Waals surface area contributed by atoms with Crippen LogP contribution in [0.15, 0.2) is 86.5 Å². The van der Waals surface area contributed by atoms with Gasteiger partial charge in [-0.3, -0.25) is 52.8 Å². The molecule has 4 bridgehead atoms. The number of urea groups is 1. The van der Waals surface area contributed by atoms with Crippen LogP contribution in [-0.2, 0) is 97.0 Å². The van der Waals surface area contributed by atoms with Crippen LogP contribution in [-0.4, -0.2) is 279 Å². The number of nitrogens with one attached hydrogen (secondary N) is 6. The van der Waals surface area contributed by atoms with E-state index < -0.39 is 123 Å². The van der Waals surface area contributed by atoms with Gasteiger partial charge in [-0.2, -0.15) is 0 Å². The lowest BCUT2D eigenvalue weighted by Crippen LogP contribution is -2.54. The van der Waals surface area contributed by atoms with Crippen LogP contribution in [0, 0.1) is 53.8 Å². The number of phenolic OH excluding ortho intramolecular Hbond substituents is 1. The smallest absolute Gasteiger partial charge is 0.312 e. The zero-order chi connectivity index (χ0) is 98.3. The molecule has 1 fully saturated rings. The van der Waals surface area contributed by atoms with E-state index >= 15 is 4.79 Å². The summed E-state index contributed by atoms with van der Waals surface area (Å²) in [5.41, 5.74) is 3.34. The number of likely N-dealkylation sites (N-methyl/N-ethyl adjacent to an activating group) is 1. The largest absolute Gasteiger partial charge is 0.507 e. The van der Waals surface area contributed by atoms with Crippen molar-refractivity contribution in [3.63, 3.8) is 0 Å². The molecule has 4 aromatic carbocycles. The van der Waals surface area contributed by atoms with E-state index in [9.17, 15) is 63.3 Å². The molecular weight excluding hydrogens is 1740 g/mol. The average Bonchev–Trinajstić information content (AvgIpc) is 1.45. The topological polar surface area (TPSA) is 496 Å². The third kappa shape index (κ3) is 31.1. The summed E-state index contributed by atoms with van der Waals surface area (Å²) < 4.78 is 82.1. The molecule has 5 aromatic rings. The van der Waals surface area contributed by atoms with Crippen molar-refractivity contribution in [2.75, 3.05) is 170 Å². The predicted octanol–water partition coefficient (Wildman–Crippen LogP) is 7.94. The molecule has 38 nitrogen and oxygen atoms in total. The highest BCUT2D eigenvalue weighted by Crippen LogP contribution is 2.43. The van der Waals surface area contributed by atoms with Crippen molar-refractivity contribution in [2.45, 2.75) is 172 Å². The Kier molecular flexibility index (Phi) is 42.0. The number of hydrogen-bond acceptors (Lipinski definition) is 29. The number of hydrogen-bond donors (Lipinski definition) is 10. The summed E-state index contributed by atoms with van der Waals surface area (Å²) in [5, 5.41) is 51.9. The monoisotopic (exact) mass is 1890 g/mol. The average molecular weight is 1890 g/mol. The quantitative estimate of drug-likeness (QED) is 0.00441. The molecule has 11 N–H and O–H groups in total. The molecule has 8 rings (SSSR count). The Labute approximate surface area is 787 Å². The number of likely N-dealkylation sites (tertiary alicyclic amines) is 1. The molecule has 1 aromatic heterocycles. The van der Waals surface area contributed by atoms with Gasteiger partial charge < -0.3 is 123 Å². The second-order valence-electron chi connectivity index (χ2n) is 36.3. The number of benzene rings is 4. The number of phenols is 1. The van der Waals surface area contributed by atoms with Gasteiger partial charge in [-0.15, -0.1) is 0 Å². The van der Waals surface area contributed by atoms with E-state index in [1.807, 2.05) is 81.6 Å². The van der Waals surface area contributed by atoms with Crippen LogP contribution < -0.4 is 63.2 Å². The molecule has 0 saturated carbocycles. The number of allylic oxidation sites excluding steroid dienone is 2. The molecular formula is C96H147N10O28+. The van der Waals surface area contributed by atoms with Gasteiger partial charge in [-0.25, -0.2) is 9.78 Å². The van der Waals surface area contributed by atoms with Gasteiger partial charge in [0.05, 0.1) is 155 Å². The van der Waals surface area contributed by atoms with Crippen molar-refractivity contribution in [3.8, 4) is 17.2 Å². The van der Waals surface area contributed by atoms with Gasteiger partial charge >= 0.3 is 17.8 Å². The van der Waals surface area contributed by atoms with Crippen molar-refractivity contribution in [1.82, 2.24) is 31.2 Å². The van der Waals surface area contributed by atoms with Gasteiger partial charge in [0.1, 0.15) is 66.3 Å². The van der Waals surface area contributed by atoms with Crippen LogP contribution in [0.2, 0.25) is 0 Å². The number of aromatic hydroxyl groups is 1. The number of imide groups is 1. The SMILES string of the molecule is CO[C@H]1/C=C/O[C@@]2(C)Oc3c(C)c(O)c4c(=O)c(c5oc6cc(OCC[N+](C)(C)Cc7ccc(NC(=O)[C@H](CCCNC(N)=O)NC(=O)[C@@H](NC(=O)CCOCCOCCOCCOCCOCCOCCOCCOCCNC(=O)CCN8C(=O)CC(C(C)(C)C)C8=O)C(C)C)cc7)cc(=O)c6nc5c4c3=C2O)NC(=O)/C(C)=C\C=C\[C@H](C)[C@H](O)[C@@H](C)[C@@H](C)[C@@H](C)[C@H](OC(C)=O)[C@@H]1C.[HH].[HH].[HH].[HH]. The summed E-state index contributed by atoms with van der Waals surface area (Å²) in [7, 11) is 5.40. The van der Waals surface area contributed by atoms with E-state index in [4.69, 9.17) is 76.7 Å². The van der Waals surface area contributed by atoms with Gasteiger partial charge in [0, 0.05) is 117 Å². The minimum absolute atomic E-state index is 0. The van der Waals surface area contributed by atoms with Crippen molar-refractivity contribution < 1.29 is 135 Å². The molecule has 134 heavy (non-hydrogen) atoms. The Balaban J connectivity index is 0.00000994. The second kappa shape index (κ2) is 51.8. The zero-order valence-corrected chi connectivity index (χ0v) is 80.3. The number of nitrogens with zero attached hydrogens (tertiary/aromatic N) is 3. The maximum Gasteiger partial charge on any atom is 0.312 e. The number of ether oxygens (including phenoxy) is 13. The van der Waals surface area contributed by atoms with Crippen LogP contribution in [0.1, 0.15) is 139 Å². The number of amides is 9. The number of esters is 1. The highest BCUT2D eigenvalue weighted by Gasteiger charge is 2.47. The van der Waals surface area contributed by atoms with Crippen molar-refractivity contribution in [1.29, 1.82) is 0 Å². The Morgan fingerprint density at radius 3 is 1.89 bits per heavy atom. The molecule has 1 saturated heterocycles. The van der Waals surface area contributed by atoms with Crippen molar-refractivity contribution in [2.24, 2.45) is 52.6 Å².